The molecule has 6 unspecified atom stereocenters. The summed E-state index contributed by atoms with van der Waals surface area (Å²) in [4.78, 5) is 15.2. The maximum Gasteiger partial charge on any atom is 0.233 e. The molecule has 0 aromatic heterocycles. The Kier molecular flexibility index (Phi) is 13.5. The van der Waals surface area contributed by atoms with Crippen molar-refractivity contribution < 1.29 is 77.8 Å². The number of rotatable bonds is 14. The van der Waals surface area contributed by atoms with E-state index >= 15 is 0 Å². The van der Waals surface area contributed by atoms with Gasteiger partial charge in [0.05, 0.1) is 41.9 Å². The number of aliphatic hydroxyl groups is 8. The van der Waals surface area contributed by atoms with Gasteiger partial charge < -0.3 is 65.1 Å². The lowest BCUT2D eigenvalue weighted by Crippen LogP contribution is -2.65. The fourth-order valence-corrected chi connectivity index (χ4v) is 10.0. The topological polar surface area (TPSA) is 264 Å². The molecule has 7 rings (SSSR count). The largest absolute Gasteiger partial charge is 0.508 e. The third kappa shape index (κ3) is 9.08. The van der Waals surface area contributed by atoms with Crippen LogP contribution < -0.4 is 4.90 Å². The molecule has 0 bridgehead atoms. The third-order valence-electron chi connectivity index (χ3n) is 11.6. The Balaban J connectivity index is 1.22. The van der Waals surface area contributed by atoms with Crippen molar-refractivity contribution in [2.75, 3.05) is 23.9 Å². The Hall–Kier alpha value is -4.41. The first-order valence-electron chi connectivity index (χ1n) is 19.7. The van der Waals surface area contributed by atoms with Gasteiger partial charge in [-0.3, -0.25) is 4.79 Å². The predicted molar refractivity (Wildman–Crippen MR) is 213 cm³/mol. The Morgan fingerprint density at radius 3 is 2.08 bits per heavy atom. The molecule has 3 fully saturated rings. The highest BCUT2D eigenvalue weighted by molar-refractivity contribution is 7.91. The molecule has 0 aliphatic carbocycles. The van der Waals surface area contributed by atoms with E-state index in [0.717, 1.165) is 0 Å². The highest BCUT2D eigenvalue weighted by Crippen LogP contribution is 2.49. The maximum atomic E-state index is 14.8. The molecule has 1 amide bonds. The van der Waals surface area contributed by atoms with Crippen LogP contribution in [-0.2, 0) is 28.8 Å². The van der Waals surface area contributed by atoms with Gasteiger partial charge in [-0.1, -0.05) is 54.6 Å². The highest BCUT2D eigenvalue weighted by atomic mass is 32.2. The number of hydrogen-bond acceptors (Lipinski definition) is 15. The Morgan fingerprint density at radius 2 is 1.41 bits per heavy atom. The minimum Gasteiger partial charge on any atom is -0.508 e. The quantitative estimate of drug-likeness (QED) is 0.0796. The molecule has 13 atom stereocenters. The van der Waals surface area contributed by atoms with Crippen LogP contribution >= 0.6 is 0 Å². The highest BCUT2D eigenvalue weighted by Gasteiger charge is 2.53. The number of aromatic hydroxyl groups is 1. The maximum absolute atomic E-state index is 14.8. The van der Waals surface area contributed by atoms with Gasteiger partial charge in [0.1, 0.15) is 66.5 Å². The number of anilines is 1. The number of hydrogen-bond donors (Lipinski definition) is 9. The van der Waals surface area contributed by atoms with E-state index < -0.39 is 114 Å². The molecule has 61 heavy (non-hydrogen) atoms. The number of β-lactam (4-membered cyclic amide) rings is 1. The first kappa shape index (κ1) is 44.6. The monoisotopic (exact) mass is 869 g/mol. The zero-order chi connectivity index (χ0) is 43.7. The van der Waals surface area contributed by atoms with Crippen LogP contribution in [0, 0.1) is 11.7 Å². The van der Waals surface area contributed by atoms with E-state index in [2.05, 4.69) is 0 Å². The summed E-state index contributed by atoms with van der Waals surface area (Å²) in [6.45, 7) is -1.67. The summed E-state index contributed by atoms with van der Waals surface area (Å²) >= 11 is 0. The van der Waals surface area contributed by atoms with Crippen molar-refractivity contribution in [2.24, 2.45) is 5.92 Å². The van der Waals surface area contributed by atoms with Crippen LogP contribution in [0.1, 0.15) is 36.1 Å². The second-order valence-corrected chi connectivity index (χ2v) is 17.5. The van der Waals surface area contributed by atoms with E-state index in [1.54, 1.807) is 54.6 Å². The predicted octanol–water partition coefficient (Wildman–Crippen LogP) is 0.856. The van der Waals surface area contributed by atoms with Crippen molar-refractivity contribution in [3.63, 3.8) is 0 Å². The van der Waals surface area contributed by atoms with E-state index in [0.29, 0.717) is 22.4 Å². The van der Waals surface area contributed by atoms with Gasteiger partial charge in [0, 0.05) is 5.69 Å². The van der Waals surface area contributed by atoms with Crippen molar-refractivity contribution in [3.05, 3.63) is 114 Å². The number of amides is 1. The Labute approximate surface area is 350 Å². The summed E-state index contributed by atoms with van der Waals surface area (Å²) in [6.07, 6.45) is -18.4. The molecular formula is C43H48FNO15S. The molecule has 4 aromatic rings. The zero-order valence-corrected chi connectivity index (χ0v) is 33.3. The minimum atomic E-state index is -4.60. The standard InChI is InChI=1S/C43H48FNO15S/c44-25-12-9-22(10-13-25)30(49)16-15-29-35(45(42(29)55)26-6-2-1-3-7-26)28-14-11-24(23-5-4-8-27(48)17-23)18-34(28)61(56,57)21-33-37(51)39(53)41(32(20-47)58-33)60-43-40(54)38(52)36(50)31(19-46)59-43/h1-14,17-18,29-33,35-41,43,46-54H,15-16,19-21H2/t29-,30+,31?,32?,33+,35-,36-,37?,38?,39?,40?,41-,43+/m1/s1. The smallest absolute Gasteiger partial charge is 0.233 e. The molecule has 3 aliphatic rings. The normalized spacial score (nSPS) is 31.1. The van der Waals surface area contributed by atoms with Gasteiger partial charge in [-0.15, -0.1) is 0 Å². The molecule has 16 nitrogen and oxygen atoms in total. The fraction of sp³-hybridized carbons (Fsp3) is 0.419. The van der Waals surface area contributed by atoms with Crippen LogP contribution in [-0.4, -0.2) is 140 Å². The number of nitrogens with zero attached hydrogens (tertiary/aromatic N) is 1. The summed E-state index contributed by atoms with van der Waals surface area (Å²) < 4.78 is 60.2. The first-order valence-corrected chi connectivity index (χ1v) is 21.3. The van der Waals surface area contributed by atoms with E-state index in [1.807, 2.05) is 0 Å². The average molecular weight is 870 g/mol. The fourth-order valence-electron chi connectivity index (χ4n) is 8.27. The van der Waals surface area contributed by atoms with Crippen LogP contribution in [0.15, 0.2) is 102 Å². The van der Waals surface area contributed by atoms with Gasteiger partial charge in [0.25, 0.3) is 0 Å². The second-order valence-electron chi connectivity index (χ2n) is 15.5. The van der Waals surface area contributed by atoms with E-state index in [-0.39, 0.29) is 35.0 Å². The summed E-state index contributed by atoms with van der Waals surface area (Å²) in [6, 6.07) is 23.6. The minimum absolute atomic E-state index is 0.0690. The molecule has 18 heteroatoms. The summed E-state index contributed by atoms with van der Waals surface area (Å²) in [7, 11) is -4.60. The lowest BCUT2D eigenvalue weighted by molar-refractivity contribution is -0.341. The van der Waals surface area contributed by atoms with Gasteiger partial charge in [-0.2, -0.15) is 0 Å². The van der Waals surface area contributed by atoms with Crippen LogP contribution in [0.25, 0.3) is 11.1 Å². The molecule has 9 N–H and O–H groups in total. The number of carbonyl (C=O) groups excluding carboxylic acids is 1. The average Bonchev–Trinajstić information content (AvgIpc) is 3.25. The Bertz CT molecular complexity index is 2250. The molecular weight excluding hydrogens is 822 g/mol. The van der Waals surface area contributed by atoms with Crippen molar-refractivity contribution in [2.45, 2.75) is 91.1 Å². The number of halogens is 1. The van der Waals surface area contributed by atoms with Crippen LogP contribution in [0.2, 0.25) is 0 Å². The van der Waals surface area contributed by atoms with E-state index in [9.17, 15) is 63.6 Å². The number of phenols is 1. The van der Waals surface area contributed by atoms with E-state index in [1.165, 1.54) is 47.4 Å². The lowest BCUT2D eigenvalue weighted by atomic mass is 9.78. The zero-order valence-electron chi connectivity index (χ0n) is 32.5. The summed E-state index contributed by atoms with van der Waals surface area (Å²) in [5, 5.41) is 94.8. The summed E-state index contributed by atoms with van der Waals surface area (Å²) in [5.74, 6) is -2.72. The number of phenolic OH excluding ortho intramolecular Hbond substituents is 1. The number of para-hydroxylation sites is 1. The van der Waals surface area contributed by atoms with Crippen LogP contribution in [0.3, 0.4) is 0 Å². The lowest BCUT2D eigenvalue weighted by Gasteiger charge is -2.48. The van der Waals surface area contributed by atoms with Gasteiger partial charge in [-0.05, 0) is 77.6 Å². The number of aliphatic hydroxyl groups excluding tert-OH is 8. The Morgan fingerprint density at radius 1 is 0.738 bits per heavy atom. The van der Waals surface area contributed by atoms with Crippen molar-refractivity contribution in [3.8, 4) is 16.9 Å². The molecule has 0 radical (unpaired) electrons. The molecule has 4 aromatic carbocycles. The molecule has 3 aliphatic heterocycles. The molecule has 0 spiro atoms. The van der Waals surface area contributed by atoms with Gasteiger partial charge in [0.2, 0.25) is 5.91 Å². The van der Waals surface area contributed by atoms with Crippen molar-refractivity contribution in [1.82, 2.24) is 0 Å². The van der Waals surface area contributed by atoms with Crippen molar-refractivity contribution >= 4 is 21.4 Å². The third-order valence-corrected chi connectivity index (χ3v) is 13.4. The SMILES string of the molecule is O=C1[C@H](CC[C@H](O)c2ccc(F)cc2)[C@@H](c2ccc(-c3cccc(O)c3)cc2S(=O)(=O)C[C@@H]2OC(CO)[C@@H](O[C@@H]3OC(CO)[C@@H](O)C(O)C3O)C(O)C2O)N1c1ccccc1. The molecule has 3 heterocycles. The number of sulfone groups is 1. The van der Waals surface area contributed by atoms with Crippen LogP contribution in [0.4, 0.5) is 10.1 Å². The van der Waals surface area contributed by atoms with Gasteiger partial charge in [-0.25, -0.2) is 12.8 Å². The number of benzene rings is 4. The number of ether oxygens (including phenoxy) is 3. The van der Waals surface area contributed by atoms with E-state index in [4.69, 9.17) is 14.2 Å². The molecule has 328 valence electrons. The molecule has 3 saturated heterocycles. The first-order chi connectivity index (χ1) is 29.1. The van der Waals surface area contributed by atoms with Gasteiger partial charge in [0.15, 0.2) is 16.1 Å². The van der Waals surface area contributed by atoms with Crippen LogP contribution in [0.5, 0.6) is 5.75 Å². The van der Waals surface area contributed by atoms with Crippen molar-refractivity contribution in [1.29, 1.82) is 0 Å². The number of carbonyl (C=O) groups is 1. The second kappa shape index (κ2) is 18.5. The molecule has 0 saturated carbocycles. The summed E-state index contributed by atoms with van der Waals surface area (Å²) in [5.41, 5.74) is 1.90. The van der Waals surface area contributed by atoms with Gasteiger partial charge >= 0.3 is 0 Å².